The molecule has 0 aliphatic heterocycles. The van der Waals surface area contributed by atoms with Crippen LogP contribution in [0.5, 0.6) is 0 Å². The smallest absolute Gasteiger partial charge is 0.0410 e. The Hall–Kier alpha value is -0.770. The number of nitrogens with zero attached hydrogens (tertiary/aromatic N) is 2. The molecule has 1 rings (SSSR count). The van der Waals surface area contributed by atoms with Gasteiger partial charge in [-0.1, -0.05) is 25.4 Å². The van der Waals surface area contributed by atoms with E-state index in [1.807, 2.05) is 6.07 Å². The van der Waals surface area contributed by atoms with Crippen molar-refractivity contribution >= 4 is 17.3 Å². The topological polar surface area (TPSA) is 18.5 Å². The van der Waals surface area contributed by atoms with Gasteiger partial charge in [-0.15, -0.1) is 0 Å². The lowest BCUT2D eigenvalue weighted by Crippen LogP contribution is -2.29. The van der Waals surface area contributed by atoms with Crippen molar-refractivity contribution in [1.82, 2.24) is 10.2 Å². The molecule has 0 aliphatic carbocycles. The lowest BCUT2D eigenvalue weighted by atomic mass is 10.1. The van der Waals surface area contributed by atoms with Crippen LogP contribution < -0.4 is 10.2 Å². The summed E-state index contributed by atoms with van der Waals surface area (Å²) in [6, 6.07) is 6.15. The average molecular weight is 298 g/mol. The zero-order valence-electron chi connectivity index (χ0n) is 13.4. The van der Waals surface area contributed by atoms with Crippen LogP contribution in [0.4, 0.5) is 5.69 Å². The van der Waals surface area contributed by atoms with Crippen molar-refractivity contribution in [3.05, 3.63) is 28.8 Å². The molecule has 20 heavy (non-hydrogen) atoms. The summed E-state index contributed by atoms with van der Waals surface area (Å²) in [5.41, 5.74) is 2.52. The molecule has 0 atom stereocenters. The lowest BCUT2D eigenvalue weighted by Gasteiger charge is -2.24. The lowest BCUT2D eigenvalue weighted by molar-refractivity contribution is 0.416. The summed E-state index contributed by atoms with van der Waals surface area (Å²) >= 11 is 6.14. The third-order valence-corrected chi connectivity index (χ3v) is 3.44. The van der Waals surface area contributed by atoms with Crippen molar-refractivity contribution in [2.24, 2.45) is 5.92 Å². The van der Waals surface area contributed by atoms with E-state index in [0.717, 1.165) is 31.2 Å². The van der Waals surface area contributed by atoms with Crippen LogP contribution in [-0.4, -0.2) is 45.7 Å². The summed E-state index contributed by atoms with van der Waals surface area (Å²) < 4.78 is 0. The van der Waals surface area contributed by atoms with Crippen LogP contribution >= 0.6 is 11.6 Å². The van der Waals surface area contributed by atoms with Crippen LogP contribution in [0.3, 0.4) is 0 Å². The molecule has 0 unspecified atom stereocenters. The fourth-order valence-corrected chi connectivity index (χ4v) is 2.23. The number of halogens is 1. The number of rotatable bonds is 8. The van der Waals surface area contributed by atoms with Gasteiger partial charge >= 0.3 is 0 Å². The van der Waals surface area contributed by atoms with Gasteiger partial charge in [-0.05, 0) is 50.3 Å². The Bertz CT molecular complexity index is 405. The predicted octanol–water partition coefficient (Wildman–Crippen LogP) is 3.08. The molecule has 0 heterocycles. The maximum atomic E-state index is 6.14. The molecule has 114 valence electrons. The molecule has 1 aromatic carbocycles. The van der Waals surface area contributed by atoms with E-state index in [0.29, 0.717) is 5.92 Å². The van der Waals surface area contributed by atoms with Gasteiger partial charge in [0.1, 0.15) is 0 Å². The maximum Gasteiger partial charge on any atom is 0.0410 e. The van der Waals surface area contributed by atoms with Gasteiger partial charge in [-0.25, -0.2) is 0 Å². The predicted molar refractivity (Wildman–Crippen MR) is 89.8 cm³/mol. The molecule has 0 amide bonds. The highest BCUT2D eigenvalue weighted by molar-refractivity contribution is 6.30. The van der Waals surface area contributed by atoms with Crippen LogP contribution in [0.1, 0.15) is 19.4 Å². The molecule has 0 bridgehead atoms. The van der Waals surface area contributed by atoms with Crippen molar-refractivity contribution in [2.75, 3.05) is 45.7 Å². The summed E-state index contributed by atoms with van der Waals surface area (Å²) in [4.78, 5) is 4.49. The fraction of sp³-hybridized carbons (Fsp3) is 0.625. The molecule has 1 aromatic rings. The first kappa shape index (κ1) is 17.3. The molecule has 0 spiro atoms. The second-order valence-electron chi connectivity index (χ2n) is 6.02. The van der Waals surface area contributed by atoms with Crippen LogP contribution in [0.2, 0.25) is 5.02 Å². The molecule has 0 saturated heterocycles. The molecule has 0 fully saturated rings. The Morgan fingerprint density at radius 2 is 1.85 bits per heavy atom. The van der Waals surface area contributed by atoms with Crippen molar-refractivity contribution in [3.63, 3.8) is 0 Å². The third kappa shape index (κ3) is 6.12. The van der Waals surface area contributed by atoms with Crippen molar-refractivity contribution < 1.29 is 0 Å². The first-order chi connectivity index (χ1) is 9.40. The van der Waals surface area contributed by atoms with Gasteiger partial charge in [0.25, 0.3) is 0 Å². The van der Waals surface area contributed by atoms with Crippen LogP contribution in [-0.2, 0) is 6.54 Å². The molecule has 0 aromatic heterocycles. The Morgan fingerprint density at radius 3 is 2.45 bits per heavy atom. The normalized spacial score (nSPS) is 11.4. The van der Waals surface area contributed by atoms with Crippen LogP contribution in [0, 0.1) is 5.92 Å². The molecule has 1 N–H and O–H groups in total. The molecule has 0 aliphatic rings. The quantitative estimate of drug-likeness (QED) is 0.795. The van der Waals surface area contributed by atoms with Gasteiger partial charge in [0.2, 0.25) is 0 Å². The molecule has 3 nitrogen and oxygen atoms in total. The second kappa shape index (κ2) is 8.50. The van der Waals surface area contributed by atoms with E-state index in [2.05, 4.69) is 62.2 Å². The SMILES string of the molecule is CC(C)CNCc1cc(Cl)ccc1N(C)CCN(C)C. The fourth-order valence-electron chi connectivity index (χ4n) is 2.03. The number of hydrogen-bond acceptors (Lipinski definition) is 3. The number of benzene rings is 1. The zero-order valence-corrected chi connectivity index (χ0v) is 14.2. The summed E-state index contributed by atoms with van der Waals surface area (Å²) in [6.07, 6.45) is 0. The maximum absolute atomic E-state index is 6.14. The van der Waals surface area contributed by atoms with Gasteiger partial charge in [0.15, 0.2) is 0 Å². The minimum atomic E-state index is 0.657. The molecule has 0 radical (unpaired) electrons. The van der Waals surface area contributed by atoms with Gasteiger partial charge in [0.05, 0.1) is 0 Å². The summed E-state index contributed by atoms with van der Waals surface area (Å²) in [7, 11) is 6.33. The Morgan fingerprint density at radius 1 is 1.15 bits per heavy atom. The van der Waals surface area contributed by atoms with Gasteiger partial charge in [-0.3, -0.25) is 0 Å². The number of likely N-dealkylation sites (N-methyl/N-ethyl adjacent to an activating group) is 2. The van der Waals surface area contributed by atoms with E-state index in [9.17, 15) is 0 Å². The second-order valence-corrected chi connectivity index (χ2v) is 6.46. The Kier molecular flexibility index (Phi) is 7.35. The molecular weight excluding hydrogens is 270 g/mol. The van der Waals surface area contributed by atoms with E-state index in [1.54, 1.807) is 0 Å². The van der Waals surface area contributed by atoms with E-state index in [4.69, 9.17) is 11.6 Å². The van der Waals surface area contributed by atoms with Gasteiger partial charge in [-0.2, -0.15) is 0 Å². The minimum absolute atomic E-state index is 0.657. The number of anilines is 1. The van der Waals surface area contributed by atoms with Crippen LogP contribution in [0.15, 0.2) is 18.2 Å². The number of hydrogen-bond donors (Lipinski definition) is 1. The first-order valence-corrected chi connectivity index (χ1v) is 7.63. The standard InChI is InChI=1S/C16H28ClN3/c1-13(2)11-18-12-14-10-15(17)6-7-16(14)20(5)9-8-19(3)4/h6-7,10,13,18H,8-9,11-12H2,1-5H3. The van der Waals surface area contributed by atoms with Gasteiger partial charge < -0.3 is 15.1 Å². The van der Waals surface area contributed by atoms with Crippen LogP contribution in [0.25, 0.3) is 0 Å². The minimum Gasteiger partial charge on any atom is -0.373 e. The zero-order chi connectivity index (χ0) is 15.1. The number of nitrogens with one attached hydrogen (secondary N) is 1. The summed E-state index contributed by atoms with van der Waals surface area (Å²) in [5, 5.41) is 4.29. The van der Waals surface area contributed by atoms with E-state index >= 15 is 0 Å². The van der Waals surface area contributed by atoms with E-state index < -0.39 is 0 Å². The van der Waals surface area contributed by atoms with E-state index in [1.165, 1.54) is 11.3 Å². The third-order valence-electron chi connectivity index (χ3n) is 3.20. The van der Waals surface area contributed by atoms with Gasteiger partial charge in [0, 0.05) is 37.4 Å². The Balaban J connectivity index is 2.73. The van der Waals surface area contributed by atoms with Crippen molar-refractivity contribution in [1.29, 1.82) is 0 Å². The average Bonchev–Trinajstić information content (AvgIpc) is 2.35. The van der Waals surface area contributed by atoms with E-state index in [-0.39, 0.29) is 0 Å². The highest BCUT2D eigenvalue weighted by Gasteiger charge is 2.08. The van der Waals surface area contributed by atoms with Crippen molar-refractivity contribution in [2.45, 2.75) is 20.4 Å². The highest BCUT2D eigenvalue weighted by Crippen LogP contribution is 2.23. The monoisotopic (exact) mass is 297 g/mol. The highest BCUT2D eigenvalue weighted by atomic mass is 35.5. The Labute approximate surface area is 128 Å². The first-order valence-electron chi connectivity index (χ1n) is 7.25. The molecular formula is C16H28ClN3. The molecule has 0 saturated carbocycles. The molecule has 4 heteroatoms. The largest absolute Gasteiger partial charge is 0.373 e. The van der Waals surface area contributed by atoms with Crippen molar-refractivity contribution in [3.8, 4) is 0 Å². The summed E-state index contributed by atoms with van der Waals surface area (Å²) in [5.74, 6) is 0.657. The summed E-state index contributed by atoms with van der Waals surface area (Å²) in [6.45, 7) is 8.36.